The normalized spacial score (nSPS) is 18.0. The highest BCUT2D eigenvalue weighted by Gasteiger charge is 2.25. The van der Waals surface area contributed by atoms with Crippen molar-refractivity contribution in [2.45, 2.75) is 12.5 Å². The zero-order valence-electron chi connectivity index (χ0n) is 11.5. The molecule has 0 saturated carbocycles. The number of hydrogen-bond acceptors (Lipinski definition) is 5. The van der Waals surface area contributed by atoms with Gasteiger partial charge in [0.25, 0.3) is 0 Å². The van der Waals surface area contributed by atoms with Gasteiger partial charge in [0.2, 0.25) is 0 Å². The lowest BCUT2D eigenvalue weighted by atomic mass is 10.2. The maximum atomic E-state index is 11.3. The number of nitrogens with one attached hydrogen (secondary N) is 1. The van der Waals surface area contributed by atoms with Gasteiger partial charge in [-0.25, -0.2) is 4.79 Å². The van der Waals surface area contributed by atoms with Crippen LogP contribution in [-0.2, 0) is 4.74 Å². The van der Waals surface area contributed by atoms with Crippen molar-refractivity contribution in [3.63, 3.8) is 0 Å². The number of ether oxygens (including phenoxy) is 1. The summed E-state index contributed by atoms with van der Waals surface area (Å²) in [5.74, 6) is 0. The summed E-state index contributed by atoms with van der Waals surface area (Å²) in [6, 6.07) is 4.01. The van der Waals surface area contributed by atoms with Crippen molar-refractivity contribution in [3.8, 4) is 0 Å². The average molecular weight is 351 g/mol. The van der Waals surface area contributed by atoms with E-state index in [9.17, 15) is 4.79 Å². The molecule has 21 heavy (non-hydrogen) atoms. The molecule has 3 heterocycles. The first-order valence-corrected chi connectivity index (χ1v) is 7.46. The largest absolute Gasteiger partial charge is 0.453 e. The Kier molecular flexibility index (Phi) is 3.92. The Hall–Kier alpha value is -1.89. The summed E-state index contributed by atoms with van der Waals surface area (Å²) in [6.07, 6.45) is 4.05. The summed E-state index contributed by atoms with van der Waals surface area (Å²) in [5, 5.41) is 2.84. The van der Waals surface area contributed by atoms with Crippen LogP contribution in [0.1, 0.15) is 6.42 Å². The molecule has 0 aromatic carbocycles. The van der Waals surface area contributed by atoms with Crippen LogP contribution in [0, 0.1) is 0 Å². The Morgan fingerprint density at radius 2 is 2.38 bits per heavy atom. The highest BCUT2D eigenvalue weighted by molar-refractivity contribution is 9.10. The molecule has 6 nitrogen and oxygen atoms in total. The van der Waals surface area contributed by atoms with Crippen molar-refractivity contribution >= 4 is 38.7 Å². The van der Waals surface area contributed by atoms with Gasteiger partial charge in [-0.3, -0.25) is 9.97 Å². The Labute approximate surface area is 130 Å². The van der Waals surface area contributed by atoms with Gasteiger partial charge in [-0.1, -0.05) is 0 Å². The number of alkyl carbamates (subject to hydrolysis) is 1. The lowest BCUT2D eigenvalue weighted by molar-refractivity contribution is 0.167. The summed E-state index contributed by atoms with van der Waals surface area (Å²) < 4.78 is 5.55. The molecule has 1 aliphatic heterocycles. The lowest BCUT2D eigenvalue weighted by Crippen LogP contribution is -2.37. The first kappa shape index (κ1) is 14.1. The maximum Gasteiger partial charge on any atom is 0.407 e. The topological polar surface area (TPSA) is 67.3 Å². The van der Waals surface area contributed by atoms with E-state index in [2.05, 4.69) is 40.9 Å². The molecule has 2 aromatic rings. The van der Waals surface area contributed by atoms with E-state index in [0.29, 0.717) is 0 Å². The zero-order valence-corrected chi connectivity index (χ0v) is 13.1. The second-order valence-corrected chi connectivity index (χ2v) is 5.83. The van der Waals surface area contributed by atoms with Crippen molar-refractivity contribution in [1.82, 2.24) is 15.3 Å². The predicted molar refractivity (Wildman–Crippen MR) is 83.4 cm³/mol. The number of halogens is 1. The number of hydrogen-bond donors (Lipinski definition) is 1. The predicted octanol–water partition coefficient (Wildman–Crippen LogP) is 2.33. The van der Waals surface area contributed by atoms with E-state index in [1.807, 2.05) is 12.1 Å². The second-order valence-electron chi connectivity index (χ2n) is 4.92. The number of carbonyl (C=O) groups is 1. The van der Waals surface area contributed by atoms with Crippen LogP contribution in [-0.4, -0.2) is 42.3 Å². The van der Waals surface area contributed by atoms with Crippen LogP contribution in [0.25, 0.3) is 11.0 Å². The smallest absolute Gasteiger partial charge is 0.407 e. The van der Waals surface area contributed by atoms with Crippen LogP contribution in [0.3, 0.4) is 0 Å². The Morgan fingerprint density at radius 1 is 1.52 bits per heavy atom. The number of rotatable bonds is 2. The lowest BCUT2D eigenvalue weighted by Gasteiger charge is -2.20. The molecule has 0 bridgehead atoms. The fourth-order valence-electron chi connectivity index (χ4n) is 2.57. The molecule has 3 rings (SSSR count). The third-order valence-corrected chi connectivity index (χ3v) is 3.99. The number of amides is 1. The van der Waals surface area contributed by atoms with E-state index >= 15 is 0 Å². The summed E-state index contributed by atoms with van der Waals surface area (Å²) in [7, 11) is 1.38. The van der Waals surface area contributed by atoms with Crippen LogP contribution in [0.2, 0.25) is 0 Å². The van der Waals surface area contributed by atoms with Crippen molar-refractivity contribution in [2.24, 2.45) is 0 Å². The number of pyridine rings is 2. The number of methoxy groups -OCH3 is 1. The van der Waals surface area contributed by atoms with Crippen LogP contribution < -0.4 is 10.2 Å². The van der Waals surface area contributed by atoms with Crippen molar-refractivity contribution in [2.75, 3.05) is 25.1 Å². The quantitative estimate of drug-likeness (QED) is 0.900. The standard InChI is InChI=1S/C14H15BrN4O2/c1-21-14(20)18-10-3-5-19(8-10)12-2-4-16-11-6-9(15)7-17-13(11)12/h2,4,6-7,10H,3,5,8H2,1H3,(H,18,20). The molecule has 1 atom stereocenters. The first-order chi connectivity index (χ1) is 10.2. The van der Waals surface area contributed by atoms with Gasteiger partial charge in [0.15, 0.2) is 0 Å². The third kappa shape index (κ3) is 2.92. The Morgan fingerprint density at radius 3 is 3.19 bits per heavy atom. The number of nitrogens with zero attached hydrogens (tertiary/aromatic N) is 3. The molecule has 1 fully saturated rings. The third-order valence-electron chi connectivity index (χ3n) is 3.56. The molecule has 0 radical (unpaired) electrons. The molecule has 1 N–H and O–H groups in total. The molecule has 0 aliphatic carbocycles. The van der Waals surface area contributed by atoms with E-state index in [1.165, 1.54) is 7.11 Å². The zero-order chi connectivity index (χ0) is 14.8. The van der Waals surface area contributed by atoms with Gasteiger partial charge >= 0.3 is 6.09 Å². The molecule has 1 saturated heterocycles. The van der Waals surface area contributed by atoms with E-state index in [4.69, 9.17) is 0 Å². The molecule has 1 amide bonds. The highest BCUT2D eigenvalue weighted by Crippen LogP contribution is 2.28. The monoisotopic (exact) mass is 350 g/mol. The minimum Gasteiger partial charge on any atom is -0.453 e. The van der Waals surface area contributed by atoms with Crippen LogP contribution in [0.5, 0.6) is 0 Å². The highest BCUT2D eigenvalue weighted by atomic mass is 79.9. The van der Waals surface area contributed by atoms with E-state index in [1.54, 1.807) is 12.4 Å². The average Bonchev–Trinajstić information content (AvgIpc) is 2.94. The molecule has 2 aromatic heterocycles. The fourth-order valence-corrected chi connectivity index (χ4v) is 2.89. The molecular formula is C14H15BrN4O2. The van der Waals surface area contributed by atoms with Crippen molar-refractivity contribution in [3.05, 3.63) is 29.0 Å². The minimum atomic E-state index is -0.386. The van der Waals surface area contributed by atoms with E-state index in [-0.39, 0.29) is 12.1 Å². The summed E-state index contributed by atoms with van der Waals surface area (Å²) in [5.41, 5.74) is 2.77. The number of fused-ring (bicyclic) bond motifs is 1. The van der Waals surface area contributed by atoms with Crippen molar-refractivity contribution < 1.29 is 9.53 Å². The van der Waals surface area contributed by atoms with Gasteiger partial charge in [-0.2, -0.15) is 0 Å². The fraction of sp³-hybridized carbons (Fsp3) is 0.357. The molecule has 1 unspecified atom stereocenters. The van der Waals surface area contributed by atoms with Gasteiger partial charge in [-0.05, 0) is 34.5 Å². The van der Waals surface area contributed by atoms with Crippen molar-refractivity contribution in [1.29, 1.82) is 0 Å². The molecular weight excluding hydrogens is 336 g/mol. The Balaban J connectivity index is 1.83. The second kappa shape index (κ2) is 5.85. The van der Waals surface area contributed by atoms with Crippen LogP contribution >= 0.6 is 15.9 Å². The maximum absolute atomic E-state index is 11.3. The number of carbonyl (C=O) groups excluding carboxylic acids is 1. The summed E-state index contributed by atoms with van der Waals surface area (Å²) in [6.45, 7) is 1.61. The van der Waals surface area contributed by atoms with Crippen LogP contribution in [0.4, 0.5) is 10.5 Å². The van der Waals surface area contributed by atoms with Crippen LogP contribution in [0.15, 0.2) is 29.0 Å². The van der Waals surface area contributed by atoms with Gasteiger partial charge in [0.1, 0.15) is 5.52 Å². The SMILES string of the molecule is COC(=O)NC1CCN(c2ccnc3cc(Br)cnc23)C1. The Bertz CT molecular complexity index is 679. The number of aromatic nitrogens is 2. The van der Waals surface area contributed by atoms with Gasteiger partial charge < -0.3 is 15.0 Å². The number of anilines is 1. The van der Waals surface area contributed by atoms with E-state index in [0.717, 1.165) is 40.7 Å². The van der Waals surface area contributed by atoms with E-state index < -0.39 is 0 Å². The minimum absolute atomic E-state index is 0.0936. The van der Waals surface area contributed by atoms with Gasteiger partial charge in [-0.15, -0.1) is 0 Å². The summed E-state index contributed by atoms with van der Waals surface area (Å²) in [4.78, 5) is 22.3. The molecule has 7 heteroatoms. The first-order valence-electron chi connectivity index (χ1n) is 6.67. The molecule has 1 aliphatic rings. The summed E-state index contributed by atoms with van der Waals surface area (Å²) >= 11 is 3.41. The molecule has 0 spiro atoms. The van der Waals surface area contributed by atoms with Gasteiger partial charge in [0.05, 0.1) is 24.4 Å². The van der Waals surface area contributed by atoms with Gasteiger partial charge in [0, 0.05) is 30.0 Å². The molecule has 110 valence electrons.